The van der Waals surface area contributed by atoms with Crippen molar-refractivity contribution >= 4 is 41.2 Å². The first kappa shape index (κ1) is 24.1. The number of aromatic nitrogens is 2. The van der Waals surface area contributed by atoms with Crippen molar-refractivity contribution < 1.29 is 18.7 Å². The molecule has 0 spiro atoms. The molecule has 2 aromatic rings. The number of halogens is 2. The summed E-state index contributed by atoms with van der Waals surface area (Å²) >= 11 is 5.71. The highest BCUT2D eigenvalue weighted by molar-refractivity contribution is 6.31. The van der Waals surface area contributed by atoms with Crippen molar-refractivity contribution in [3.63, 3.8) is 0 Å². The fraction of sp³-hybridized carbons (Fsp3) is 0.400. The summed E-state index contributed by atoms with van der Waals surface area (Å²) in [5, 5.41) is 8.02. The molecule has 1 aromatic heterocycles. The van der Waals surface area contributed by atoms with Crippen LogP contribution in [0, 0.1) is 12.7 Å². The highest BCUT2D eigenvalue weighted by atomic mass is 35.5. The number of rotatable bonds is 6. The monoisotopic (exact) mass is 452 g/mol. The third kappa shape index (κ3) is 8.25. The molecule has 0 radical (unpaired) electrons. The van der Waals surface area contributed by atoms with Crippen molar-refractivity contribution in [1.29, 1.82) is 0 Å². The third-order valence-corrected chi connectivity index (χ3v) is 4.01. The lowest BCUT2D eigenvalue weighted by Crippen LogP contribution is -2.36. The van der Waals surface area contributed by atoms with Crippen LogP contribution in [0.15, 0.2) is 24.3 Å². The maximum Gasteiger partial charge on any atom is 0.410 e. The van der Waals surface area contributed by atoms with Gasteiger partial charge in [-0.3, -0.25) is 5.32 Å². The van der Waals surface area contributed by atoms with E-state index in [-0.39, 0.29) is 11.0 Å². The number of amides is 3. The summed E-state index contributed by atoms with van der Waals surface area (Å²) in [5.41, 5.74) is 0.376. The fourth-order valence-electron chi connectivity index (χ4n) is 2.34. The molecule has 0 aliphatic carbocycles. The zero-order chi connectivity index (χ0) is 23.2. The Morgan fingerprint density at radius 2 is 1.90 bits per heavy atom. The third-order valence-electron chi connectivity index (χ3n) is 3.72. The normalized spacial score (nSPS) is 10.9. The van der Waals surface area contributed by atoms with Crippen molar-refractivity contribution in [2.75, 3.05) is 36.1 Å². The van der Waals surface area contributed by atoms with Gasteiger partial charge in [-0.1, -0.05) is 11.6 Å². The minimum atomic E-state index is -0.608. The van der Waals surface area contributed by atoms with Crippen LogP contribution in [0.3, 0.4) is 0 Å². The van der Waals surface area contributed by atoms with E-state index >= 15 is 0 Å². The van der Waals surface area contributed by atoms with Crippen LogP contribution < -0.4 is 16.0 Å². The Bertz CT molecular complexity index is 951. The van der Waals surface area contributed by atoms with Crippen LogP contribution >= 0.6 is 11.6 Å². The van der Waals surface area contributed by atoms with Crippen LogP contribution in [0.1, 0.15) is 26.5 Å². The Balaban J connectivity index is 1.91. The molecule has 0 atom stereocenters. The number of aryl methyl sites for hydroxylation is 1. The summed E-state index contributed by atoms with van der Waals surface area (Å²) in [6.07, 6.45) is -0.423. The highest BCUT2D eigenvalue weighted by Crippen LogP contribution is 2.19. The zero-order valence-corrected chi connectivity index (χ0v) is 18.8. The van der Waals surface area contributed by atoms with E-state index in [9.17, 15) is 14.0 Å². The quantitative estimate of drug-likeness (QED) is 0.595. The van der Waals surface area contributed by atoms with E-state index in [0.29, 0.717) is 30.3 Å². The number of anilines is 3. The first-order chi connectivity index (χ1) is 14.4. The summed E-state index contributed by atoms with van der Waals surface area (Å²) < 4.78 is 18.5. The fourth-order valence-corrected chi connectivity index (χ4v) is 2.52. The van der Waals surface area contributed by atoms with Gasteiger partial charge < -0.3 is 20.3 Å². The first-order valence-corrected chi connectivity index (χ1v) is 9.87. The van der Waals surface area contributed by atoms with E-state index in [1.807, 2.05) is 0 Å². The molecule has 0 bridgehead atoms. The average Bonchev–Trinajstić information content (AvgIpc) is 2.62. The van der Waals surface area contributed by atoms with Gasteiger partial charge >= 0.3 is 12.1 Å². The van der Waals surface area contributed by atoms with Crippen LogP contribution in [0.25, 0.3) is 0 Å². The SMILES string of the molecule is Cc1cc(NCCN(C)C(=O)OC(C)(C)C)nc(NC(=O)Nc2ccc(F)c(Cl)c2)n1. The second kappa shape index (κ2) is 10.3. The molecule has 0 saturated heterocycles. The lowest BCUT2D eigenvalue weighted by Gasteiger charge is -2.24. The number of carbonyl (C=O) groups excluding carboxylic acids is 2. The Kier molecular flexibility index (Phi) is 7.98. The van der Waals surface area contributed by atoms with Crippen LogP contribution in [0.4, 0.5) is 31.4 Å². The number of ether oxygens (including phenoxy) is 1. The smallest absolute Gasteiger partial charge is 0.410 e. The summed E-state index contributed by atoms with van der Waals surface area (Å²) in [6.45, 7) is 7.95. The van der Waals surface area contributed by atoms with Gasteiger partial charge in [0, 0.05) is 37.6 Å². The Hall–Kier alpha value is -3.14. The highest BCUT2D eigenvalue weighted by Gasteiger charge is 2.19. The molecule has 1 heterocycles. The molecular formula is C20H26ClFN6O3. The summed E-state index contributed by atoms with van der Waals surface area (Å²) in [6, 6.07) is 4.92. The van der Waals surface area contributed by atoms with Gasteiger partial charge in [-0.25, -0.2) is 19.0 Å². The van der Waals surface area contributed by atoms with E-state index in [4.69, 9.17) is 16.3 Å². The van der Waals surface area contributed by atoms with Crippen LogP contribution in [-0.2, 0) is 4.74 Å². The van der Waals surface area contributed by atoms with E-state index in [0.717, 1.165) is 6.07 Å². The molecule has 0 unspecified atom stereocenters. The second-order valence-corrected chi connectivity index (χ2v) is 8.16. The molecule has 11 heteroatoms. The molecule has 0 saturated carbocycles. The first-order valence-electron chi connectivity index (χ1n) is 9.49. The van der Waals surface area contributed by atoms with Gasteiger partial charge in [-0.15, -0.1) is 0 Å². The minimum absolute atomic E-state index is 0.0775. The van der Waals surface area contributed by atoms with E-state index < -0.39 is 23.5 Å². The van der Waals surface area contributed by atoms with Gasteiger partial charge in [0.15, 0.2) is 0 Å². The van der Waals surface area contributed by atoms with Crippen LogP contribution in [0.2, 0.25) is 5.02 Å². The Labute approximate surface area is 185 Å². The van der Waals surface area contributed by atoms with Gasteiger partial charge in [0.1, 0.15) is 17.2 Å². The van der Waals surface area contributed by atoms with Gasteiger partial charge in [-0.2, -0.15) is 4.98 Å². The summed E-state index contributed by atoms with van der Waals surface area (Å²) in [4.78, 5) is 34.0. The van der Waals surface area contributed by atoms with Crippen LogP contribution in [-0.4, -0.2) is 52.7 Å². The van der Waals surface area contributed by atoms with Gasteiger partial charge in [0.05, 0.1) is 5.02 Å². The largest absolute Gasteiger partial charge is 0.444 e. The molecule has 3 N–H and O–H groups in total. The topological polar surface area (TPSA) is 108 Å². The van der Waals surface area contributed by atoms with Gasteiger partial charge in [0.25, 0.3) is 0 Å². The number of benzene rings is 1. The number of hydrogen-bond acceptors (Lipinski definition) is 6. The summed E-state index contributed by atoms with van der Waals surface area (Å²) in [5.74, 6) is -0.0263. The van der Waals surface area contributed by atoms with E-state index in [2.05, 4.69) is 25.9 Å². The molecule has 9 nitrogen and oxygen atoms in total. The number of nitrogens with zero attached hydrogens (tertiary/aromatic N) is 3. The lowest BCUT2D eigenvalue weighted by molar-refractivity contribution is 0.0305. The molecule has 168 valence electrons. The average molecular weight is 453 g/mol. The second-order valence-electron chi connectivity index (χ2n) is 7.75. The molecule has 0 fully saturated rings. The van der Waals surface area contributed by atoms with Crippen molar-refractivity contribution in [3.8, 4) is 0 Å². The number of likely N-dealkylation sites (N-methyl/N-ethyl adjacent to an activating group) is 1. The van der Waals surface area contributed by atoms with Crippen molar-refractivity contribution in [2.45, 2.75) is 33.3 Å². The molecular weight excluding hydrogens is 427 g/mol. The number of nitrogens with one attached hydrogen (secondary N) is 3. The standard InChI is InChI=1S/C20H26ClFN6O3/c1-12-10-16(23-8-9-28(5)19(30)31-20(2,3)4)26-17(24-12)27-18(29)25-13-6-7-15(22)14(21)11-13/h6-7,10-11H,8-9H2,1-5H3,(H3,23,24,25,26,27,29). The van der Waals surface area contributed by atoms with E-state index in [1.165, 1.54) is 17.0 Å². The van der Waals surface area contributed by atoms with Crippen LogP contribution in [0.5, 0.6) is 0 Å². The Morgan fingerprint density at radius 1 is 1.19 bits per heavy atom. The maximum absolute atomic E-state index is 13.2. The maximum atomic E-state index is 13.2. The minimum Gasteiger partial charge on any atom is -0.444 e. The predicted octanol–water partition coefficient (Wildman–Crippen LogP) is 4.50. The molecule has 3 amide bonds. The summed E-state index contributed by atoms with van der Waals surface area (Å²) in [7, 11) is 1.64. The molecule has 2 rings (SSSR count). The van der Waals surface area contributed by atoms with Crippen molar-refractivity contribution in [1.82, 2.24) is 14.9 Å². The molecule has 0 aliphatic rings. The van der Waals surface area contributed by atoms with Gasteiger partial charge in [-0.05, 0) is 45.9 Å². The number of urea groups is 1. The number of carbonyl (C=O) groups is 2. The Morgan fingerprint density at radius 3 is 2.55 bits per heavy atom. The van der Waals surface area contributed by atoms with Gasteiger partial charge in [0.2, 0.25) is 5.95 Å². The van der Waals surface area contributed by atoms with Crippen molar-refractivity contribution in [2.24, 2.45) is 0 Å². The molecule has 31 heavy (non-hydrogen) atoms. The van der Waals surface area contributed by atoms with E-state index in [1.54, 1.807) is 40.8 Å². The molecule has 1 aromatic carbocycles. The lowest BCUT2D eigenvalue weighted by atomic mass is 10.2. The predicted molar refractivity (Wildman–Crippen MR) is 118 cm³/mol. The van der Waals surface area contributed by atoms with Crippen molar-refractivity contribution in [3.05, 3.63) is 40.8 Å². The zero-order valence-electron chi connectivity index (χ0n) is 18.0. The molecule has 0 aliphatic heterocycles. The number of hydrogen-bond donors (Lipinski definition) is 3.